The van der Waals surface area contributed by atoms with Crippen molar-refractivity contribution < 1.29 is 9.84 Å². The molecule has 1 heterocycles. The summed E-state index contributed by atoms with van der Waals surface area (Å²) in [6.07, 6.45) is 2.33. The van der Waals surface area contributed by atoms with E-state index in [2.05, 4.69) is 31.0 Å². The Kier molecular flexibility index (Phi) is 5.23. The van der Waals surface area contributed by atoms with Crippen LogP contribution in [0.3, 0.4) is 0 Å². The Labute approximate surface area is 116 Å². The van der Waals surface area contributed by atoms with Crippen LogP contribution in [0.1, 0.15) is 18.4 Å². The lowest BCUT2D eigenvalue weighted by Crippen LogP contribution is -2.36. The van der Waals surface area contributed by atoms with Crippen LogP contribution in [0.25, 0.3) is 0 Å². The normalized spacial score (nSPS) is 19.3. The third-order valence-corrected chi connectivity index (χ3v) is 4.15. The van der Waals surface area contributed by atoms with Crippen molar-refractivity contribution in [3.05, 3.63) is 29.8 Å². The Morgan fingerprint density at radius 3 is 2.47 bits per heavy atom. The van der Waals surface area contributed by atoms with Crippen LogP contribution < -0.4 is 4.74 Å². The van der Waals surface area contributed by atoms with E-state index < -0.39 is 0 Å². The minimum absolute atomic E-state index is 0.222. The number of aryl methyl sites for hydroxylation is 1. The first-order chi connectivity index (χ1) is 9.19. The van der Waals surface area contributed by atoms with E-state index in [4.69, 9.17) is 4.74 Å². The second kappa shape index (κ2) is 6.92. The van der Waals surface area contributed by atoms with Gasteiger partial charge in [-0.2, -0.15) is 0 Å². The van der Waals surface area contributed by atoms with Crippen molar-refractivity contribution in [3.63, 3.8) is 0 Å². The first kappa shape index (κ1) is 14.4. The van der Waals surface area contributed by atoms with E-state index in [1.165, 1.54) is 18.4 Å². The van der Waals surface area contributed by atoms with Crippen molar-refractivity contribution in [2.45, 2.75) is 19.8 Å². The number of nitrogens with zero attached hydrogens (tertiary/aromatic N) is 1. The van der Waals surface area contributed by atoms with Gasteiger partial charge in [-0.25, -0.2) is 0 Å². The van der Waals surface area contributed by atoms with Gasteiger partial charge in [0.15, 0.2) is 0 Å². The molecular weight excluding hydrogens is 238 g/mol. The molecule has 3 nitrogen and oxygen atoms in total. The summed E-state index contributed by atoms with van der Waals surface area (Å²) in [6, 6.07) is 8.11. The lowest BCUT2D eigenvalue weighted by molar-refractivity contribution is 0.0809. The number of aliphatic hydroxyl groups is 1. The summed E-state index contributed by atoms with van der Waals surface area (Å²) in [7, 11) is 2.16. The molecule has 0 aromatic heterocycles. The van der Waals surface area contributed by atoms with E-state index >= 15 is 0 Å². The lowest BCUT2D eigenvalue weighted by atomic mass is 9.85. The molecule has 1 atom stereocenters. The van der Waals surface area contributed by atoms with Crippen LogP contribution >= 0.6 is 0 Å². The van der Waals surface area contributed by atoms with Gasteiger partial charge < -0.3 is 14.7 Å². The molecule has 0 bridgehead atoms. The number of hydrogen-bond acceptors (Lipinski definition) is 3. The molecule has 1 N–H and O–H groups in total. The van der Waals surface area contributed by atoms with Crippen LogP contribution in [0.2, 0.25) is 0 Å². The summed E-state index contributed by atoms with van der Waals surface area (Å²) < 4.78 is 5.82. The zero-order valence-electron chi connectivity index (χ0n) is 12.0. The summed E-state index contributed by atoms with van der Waals surface area (Å²) in [5, 5.41) is 9.57. The minimum atomic E-state index is 0.222. The maximum absolute atomic E-state index is 9.57. The van der Waals surface area contributed by atoms with Gasteiger partial charge in [-0.05, 0) is 58.0 Å². The zero-order chi connectivity index (χ0) is 13.7. The smallest absolute Gasteiger partial charge is 0.119 e. The molecule has 0 spiro atoms. The number of likely N-dealkylation sites (tertiary alicyclic amines) is 1. The van der Waals surface area contributed by atoms with Gasteiger partial charge in [-0.15, -0.1) is 0 Å². The fourth-order valence-electron chi connectivity index (χ4n) is 2.68. The molecule has 0 saturated carbocycles. The Bertz CT molecular complexity index is 369. The number of benzene rings is 1. The Balaban J connectivity index is 1.83. The van der Waals surface area contributed by atoms with Crippen molar-refractivity contribution in [1.29, 1.82) is 0 Å². The Hall–Kier alpha value is -1.06. The van der Waals surface area contributed by atoms with Crippen LogP contribution in [0.15, 0.2) is 24.3 Å². The summed E-state index contributed by atoms with van der Waals surface area (Å²) in [5.74, 6) is 1.75. The summed E-state index contributed by atoms with van der Waals surface area (Å²) in [5.41, 5.74) is 1.24. The van der Waals surface area contributed by atoms with E-state index in [0.717, 1.165) is 18.8 Å². The van der Waals surface area contributed by atoms with Crippen molar-refractivity contribution >= 4 is 0 Å². The Morgan fingerprint density at radius 1 is 1.26 bits per heavy atom. The lowest BCUT2D eigenvalue weighted by Gasteiger charge is -2.33. The summed E-state index contributed by atoms with van der Waals surface area (Å²) in [6.45, 7) is 5.17. The average molecular weight is 263 g/mol. The highest BCUT2D eigenvalue weighted by Gasteiger charge is 2.25. The van der Waals surface area contributed by atoms with E-state index in [1.54, 1.807) is 0 Å². The van der Waals surface area contributed by atoms with Crippen molar-refractivity contribution in [2.75, 3.05) is 33.4 Å². The molecule has 1 aliphatic rings. The molecule has 19 heavy (non-hydrogen) atoms. The molecule has 1 aromatic rings. The summed E-state index contributed by atoms with van der Waals surface area (Å²) in [4.78, 5) is 2.35. The maximum atomic E-state index is 9.57. The standard InChI is InChI=1S/C16H25NO2/c1-13-3-5-16(6-4-13)19-12-15(11-18)14-7-9-17(2)10-8-14/h3-6,14-15,18H,7-12H2,1-2H3. The molecule has 1 fully saturated rings. The van der Waals surface area contributed by atoms with Gasteiger partial charge in [0.1, 0.15) is 5.75 Å². The van der Waals surface area contributed by atoms with Gasteiger partial charge in [0.2, 0.25) is 0 Å². The molecule has 106 valence electrons. The highest BCUT2D eigenvalue weighted by atomic mass is 16.5. The van der Waals surface area contributed by atoms with Gasteiger partial charge in [0, 0.05) is 12.5 Å². The molecule has 1 saturated heterocycles. The SMILES string of the molecule is Cc1ccc(OCC(CO)C2CCN(C)CC2)cc1. The molecule has 1 unspecified atom stereocenters. The second-order valence-corrected chi connectivity index (χ2v) is 5.71. The van der Waals surface area contributed by atoms with E-state index in [1.807, 2.05) is 12.1 Å². The topological polar surface area (TPSA) is 32.7 Å². The number of piperidine rings is 1. The molecule has 0 aliphatic carbocycles. The predicted octanol–water partition coefficient (Wildman–Crippen LogP) is 2.32. The molecule has 2 rings (SSSR count). The van der Waals surface area contributed by atoms with E-state index in [9.17, 15) is 5.11 Å². The van der Waals surface area contributed by atoms with Gasteiger partial charge in [0.05, 0.1) is 6.61 Å². The molecule has 0 amide bonds. The van der Waals surface area contributed by atoms with Gasteiger partial charge in [0.25, 0.3) is 0 Å². The monoisotopic (exact) mass is 263 g/mol. The van der Waals surface area contributed by atoms with Crippen LogP contribution in [0, 0.1) is 18.8 Å². The van der Waals surface area contributed by atoms with Gasteiger partial charge in [-0.1, -0.05) is 17.7 Å². The summed E-state index contributed by atoms with van der Waals surface area (Å²) >= 11 is 0. The van der Waals surface area contributed by atoms with Gasteiger partial charge >= 0.3 is 0 Å². The second-order valence-electron chi connectivity index (χ2n) is 5.71. The zero-order valence-corrected chi connectivity index (χ0v) is 12.0. The highest BCUT2D eigenvalue weighted by Crippen LogP contribution is 2.25. The number of ether oxygens (including phenoxy) is 1. The van der Waals surface area contributed by atoms with Crippen molar-refractivity contribution in [1.82, 2.24) is 4.90 Å². The molecular formula is C16H25NO2. The fourth-order valence-corrected chi connectivity index (χ4v) is 2.68. The number of rotatable bonds is 5. The molecule has 0 radical (unpaired) electrons. The van der Waals surface area contributed by atoms with E-state index in [-0.39, 0.29) is 12.5 Å². The average Bonchev–Trinajstić information content (AvgIpc) is 2.43. The molecule has 3 heteroatoms. The van der Waals surface area contributed by atoms with Crippen LogP contribution in [0.5, 0.6) is 5.75 Å². The van der Waals surface area contributed by atoms with Gasteiger partial charge in [-0.3, -0.25) is 0 Å². The van der Waals surface area contributed by atoms with Crippen LogP contribution in [0.4, 0.5) is 0 Å². The first-order valence-electron chi connectivity index (χ1n) is 7.18. The third kappa shape index (κ3) is 4.22. The first-order valence-corrected chi connectivity index (χ1v) is 7.18. The quantitative estimate of drug-likeness (QED) is 0.885. The molecule has 1 aliphatic heterocycles. The largest absolute Gasteiger partial charge is 0.493 e. The number of hydrogen-bond donors (Lipinski definition) is 1. The van der Waals surface area contributed by atoms with Crippen molar-refractivity contribution in [3.8, 4) is 5.75 Å². The van der Waals surface area contributed by atoms with Crippen LogP contribution in [-0.4, -0.2) is 43.4 Å². The minimum Gasteiger partial charge on any atom is -0.493 e. The van der Waals surface area contributed by atoms with Crippen molar-refractivity contribution in [2.24, 2.45) is 11.8 Å². The van der Waals surface area contributed by atoms with E-state index in [0.29, 0.717) is 12.5 Å². The fraction of sp³-hybridized carbons (Fsp3) is 0.625. The number of aliphatic hydroxyl groups excluding tert-OH is 1. The Morgan fingerprint density at radius 2 is 1.89 bits per heavy atom. The highest BCUT2D eigenvalue weighted by molar-refractivity contribution is 5.26. The predicted molar refractivity (Wildman–Crippen MR) is 77.5 cm³/mol. The van der Waals surface area contributed by atoms with Crippen LogP contribution in [-0.2, 0) is 0 Å². The maximum Gasteiger partial charge on any atom is 0.119 e. The molecule has 1 aromatic carbocycles. The third-order valence-electron chi connectivity index (χ3n) is 4.15.